The first-order valence-electron chi connectivity index (χ1n) is 6.15. The molecule has 1 rings (SSSR count). The minimum Gasteiger partial charge on any atom is -0.348 e. The highest BCUT2D eigenvalue weighted by Crippen LogP contribution is 2.09. The van der Waals surface area contributed by atoms with E-state index in [2.05, 4.69) is 24.5 Å². The summed E-state index contributed by atoms with van der Waals surface area (Å²) in [6, 6.07) is 7.34. The molecule has 0 spiro atoms. The van der Waals surface area contributed by atoms with Gasteiger partial charge in [-0.15, -0.1) is 0 Å². The third kappa shape index (κ3) is 4.99. The lowest BCUT2D eigenvalue weighted by Crippen LogP contribution is -2.36. The van der Waals surface area contributed by atoms with E-state index in [0.717, 1.165) is 12.0 Å². The van der Waals surface area contributed by atoms with E-state index in [-0.39, 0.29) is 0 Å². The van der Waals surface area contributed by atoms with Crippen LogP contribution >= 0.6 is 0 Å². The van der Waals surface area contributed by atoms with Crippen LogP contribution in [0, 0.1) is 12.8 Å². The van der Waals surface area contributed by atoms with Crippen molar-refractivity contribution in [1.82, 2.24) is 5.32 Å². The Labute approximate surface area is 108 Å². The molecule has 2 N–H and O–H groups in total. The number of aryl methyl sites for hydroxylation is 1. The fraction of sp³-hybridized carbons (Fsp3) is 0.429. The summed E-state index contributed by atoms with van der Waals surface area (Å²) in [5, 5.41) is 5.17. The molecule has 0 heterocycles. The third-order valence-electron chi connectivity index (χ3n) is 2.49. The quantitative estimate of drug-likeness (QED) is 0.802. The monoisotopic (exact) mass is 248 g/mol. The van der Waals surface area contributed by atoms with Crippen molar-refractivity contribution in [3.05, 3.63) is 29.8 Å². The zero-order chi connectivity index (χ0) is 13.5. The smallest absolute Gasteiger partial charge is 0.313 e. The number of hydrogen-bond donors (Lipinski definition) is 2. The molecular formula is C14H20N2O2. The van der Waals surface area contributed by atoms with E-state index < -0.39 is 11.8 Å². The van der Waals surface area contributed by atoms with Gasteiger partial charge in [-0.3, -0.25) is 9.59 Å². The van der Waals surface area contributed by atoms with E-state index in [4.69, 9.17) is 0 Å². The number of benzene rings is 1. The molecule has 1 aromatic carbocycles. The van der Waals surface area contributed by atoms with Crippen molar-refractivity contribution in [3.63, 3.8) is 0 Å². The number of amides is 2. The predicted molar refractivity (Wildman–Crippen MR) is 72.3 cm³/mol. The molecule has 98 valence electrons. The van der Waals surface area contributed by atoms with E-state index in [1.54, 1.807) is 6.07 Å². The zero-order valence-electron chi connectivity index (χ0n) is 11.1. The first-order valence-corrected chi connectivity index (χ1v) is 6.15. The lowest BCUT2D eigenvalue weighted by molar-refractivity contribution is -0.136. The highest BCUT2D eigenvalue weighted by molar-refractivity contribution is 6.39. The molecular weight excluding hydrogens is 228 g/mol. The molecule has 4 heteroatoms. The number of nitrogens with one attached hydrogen (secondary N) is 2. The molecule has 0 unspecified atom stereocenters. The van der Waals surface area contributed by atoms with Gasteiger partial charge in [0, 0.05) is 12.2 Å². The molecule has 18 heavy (non-hydrogen) atoms. The van der Waals surface area contributed by atoms with Crippen LogP contribution < -0.4 is 10.6 Å². The lowest BCUT2D eigenvalue weighted by atomic mass is 10.1. The van der Waals surface area contributed by atoms with Gasteiger partial charge in [0.05, 0.1) is 0 Å². The van der Waals surface area contributed by atoms with Crippen molar-refractivity contribution in [3.8, 4) is 0 Å². The SMILES string of the molecule is Cc1cccc(NC(=O)C(=O)NCCC(C)C)c1. The second kappa shape index (κ2) is 6.79. The van der Waals surface area contributed by atoms with Crippen LogP contribution in [0.1, 0.15) is 25.8 Å². The minimum absolute atomic E-state index is 0.505. The van der Waals surface area contributed by atoms with Crippen LogP contribution in [0.15, 0.2) is 24.3 Å². The number of carbonyl (C=O) groups excluding carboxylic acids is 2. The van der Waals surface area contributed by atoms with Crippen molar-refractivity contribution < 1.29 is 9.59 Å². The maximum Gasteiger partial charge on any atom is 0.313 e. The van der Waals surface area contributed by atoms with E-state index >= 15 is 0 Å². The minimum atomic E-state index is -0.621. The van der Waals surface area contributed by atoms with Gasteiger partial charge in [-0.2, -0.15) is 0 Å². The van der Waals surface area contributed by atoms with Crippen molar-refractivity contribution in [1.29, 1.82) is 0 Å². The fourth-order valence-corrected chi connectivity index (χ4v) is 1.47. The van der Waals surface area contributed by atoms with Crippen LogP contribution in [-0.4, -0.2) is 18.4 Å². The molecule has 0 atom stereocenters. The second-order valence-electron chi connectivity index (χ2n) is 4.76. The van der Waals surface area contributed by atoms with Gasteiger partial charge in [0.1, 0.15) is 0 Å². The van der Waals surface area contributed by atoms with Crippen LogP contribution in [0.25, 0.3) is 0 Å². The number of carbonyl (C=O) groups is 2. The molecule has 0 aliphatic rings. The predicted octanol–water partition coefficient (Wildman–Crippen LogP) is 2.10. The second-order valence-corrected chi connectivity index (χ2v) is 4.76. The molecule has 2 amide bonds. The van der Waals surface area contributed by atoms with Crippen LogP contribution in [0.5, 0.6) is 0 Å². The van der Waals surface area contributed by atoms with E-state index in [9.17, 15) is 9.59 Å². The Bertz CT molecular complexity index is 428. The Hall–Kier alpha value is -1.84. The van der Waals surface area contributed by atoms with E-state index in [1.807, 2.05) is 25.1 Å². The first-order chi connectivity index (χ1) is 8.49. The normalized spacial score (nSPS) is 10.2. The molecule has 0 bridgehead atoms. The molecule has 0 radical (unpaired) electrons. The zero-order valence-corrected chi connectivity index (χ0v) is 11.1. The van der Waals surface area contributed by atoms with Crippen molar-refractivity contribution in [2.45, 2.75) is 27.2 Å². The summed E-state index contributed by atoms with van der Waals surface area (Å²) in [7, 11) is 0. The highest BCUT2D eigenvalue weighted by Gasteiger charge is 2.12. The molecule has 0 aliphatic heterocycles. The Balaban J connectivity index is 2.43. The summed E-state index contributed by atoms with van der Waals surface area (Å²) in [5.41, 5.74) is 1.67. The third-order valence-corrected chi connectivity index (χ3v) is 2.49. The first kappa shape index (κ1) is 14.2. The summed E-state index contributed by atoms with van der Waals surface area (Å²) < 4.78 is 0. The summed E-state index contributed by atoms with van der Waals surface area (Å²) in [5.74, 6) is -0.702. The van der Waals surface area contributed by atoms with Gasteiger partial charge in [0.15, 0.2) is 0 Å². The Morgan fingerprint density at radius 2 is 1.94 bits per heavy atom. The van der Waals surface area contributed by atoms with Crippen molar-refractivity contribution in [2.75, 3.05) is 11.9 Å². The van der Waals surface area contributed by atoms with Crippen LogP contribution in [0.4, 0.5) is 5.69 Å². The standard InChI is InChI=1S/C14H20N2O2/c1-10(2)7-8-15-13(17)14(18)16-12-6-4-5-11(3)9-12/h4-6,9-10H,7-8H2,1-3H3,(H,15,17)(H,16,18). The average molecular weight is 248 g/mol. The molecule has 0 saturated heterocycles. The molecule has 0 saturated carbocycles. The van der Waals surface area contributed by atoms with Crippen molar-refractivity contribution >= 4 is 17.5 Å². The van der Waals surface area contributed by atoms with Crippen molar-refractivity contribution in [2.24, 2.45) is 5.92 Å². The average Bonchev–Trinajstić information content (AvgIpc) is 2.28. The van der Waals surface area contributed by atoms with Gasteiger partial charge in [-0.05, 0) is 37.0 Å². The van der Waals surface area contributed by atoms with Gasteiger partial charge in [-0.25, -0.2) is 0 Å². The van der Waals surface area contributed by atoms with Crippen LogP contribution in [-0.2, 0) is 9.59 Å². The number of hydrogen-bond acceptors (Lipinski definition) is 2. The number of anilines is 1. The fourth-order valence-electron chi connectivity index (χ4n) is 1.47. The molecule has 0 aliphatic carbocycles. The van der Waals surface area contributed by atoms with E-state index in [0.29, 0.717) is 18.2 Å². The maximum atomic E-state index is 11.6. The summed E-state index contributed by atoms with van der Waals surface area (Å²) in [6.07, 6.45) is 0.865. The Kier molecular flexibility index (Phi) is 5.36. The Morgan fingerprint density at radius 3 is 2.56 bits per heavy atom. The highest BCUT2D eigenvalue weighted by atomic mass is 16.2. The summed E-state index contributed by atoms with van der Waals surface area (Å²) in [4.78, 5) is 23.1. The van der Waals surface area contributed by atoms with Crippen LogP contribution in [0.2, 0.25) is 0 Å². The maximum absolute atomic E-state index is 11.6. The van der Waals surface area contributed by atoms with Gasteiger partial charge < -0.3 is 10.6 Å². The van der Waals surface area contributed by atoms with Gasteiger partial charge >= 0.3 is 11.8 Å². The topological polar surface area (TPSA) is 58.2 Å². The largest absolute Gasteiger partial charge is 0.348 e. The Morgan fingerprint density at radius 1 is 1.22 bits per heavy atom. The number of rotatable bonds is 4. The molecule has 4 nitrogen and oxygen atoms in total. The van der Waals surface area contributed by atoms with Gasteiger partial charge in [0.2, 0.25) is 0 Å². The van der Waals surface area contributed by atoms with Gasteiger partial charge in [-0.1, -0.05) is 26.0 Å². The molecule has 0 fully saturated rings. The van der Waals surface area contributed by atoms with Gasteiger partial charge in [0.25, 0.3) is 0 Å². The molecule has 0 aromatic heterocycles. The van der Waals surface area contributed by atoms with Crippen LogP contribution in [0.3, 0.4) is 0 Å². The molecule has 1 aromatic rings. The summed E-state index contributed by atoms with van der Waals surface area (Å²) in [6.45, 7) is 6.59. The lowest BCUT2D eigenvalue weighted by Gasteiger charge is -2.08. The van der Waals surface area contributed by atoms with E-state index in [1.165, 1.54) is 0 Å². The summed E-state index contributed by atoms with van der Waals surface area (Å²) >= 11 is 0.